The van der Waals surface area contributed by atoms with Crippen molar-refractivity contribution >= 4 is 11.6 Å². The number of hydrogen-bond donors (Lipinski definition) is 0. The van der Waals surface area contributed by atoms with Crippen molar-refractivity contribution in [2.24, 2.45) is 5.41 Å². The predicted molar refractivity (Wildman–Crippen MR) is 46.5 cm³/mol. The molecule has 0 radical (unpaired) electrons. The lowest BCUT2D eigenvalue weighted by Crippen LogP contribution is -2.22. The molecular weight excluding hydrogens is 158 g/mol. The standard InChI is InChI=1S/C9H14ClN/c10-7-6-9(8-11)4-2-1-3-5-9/h1-7H2. The molecule has 0 unspecified atom stereocenters. The number of hydrogen-bond acceptors (Lipinski definition) is 1. The van der Waals surface area contributed by atoms with Crippen LogP contribution in [0, 0.1) is 16.7 Å². The van der Waals surface area contributed by atoms with E-state index in [1.807, 2.05) is 0 Å². The van der Waals surface area contributed by atoms with Gasteiger partial charge in [0, 0.05) is 5.88 Å². The lowest BCUT2D eigenvalue weighted by Gasteiger charge is -2.29. The molecule has 62 valence electrons. The second kappa shape index (κ2) is 3.97. The Bertz CT molecular complexity index is 148. The SMILES string of the molecule is N#CC1(CCCl)CCCCC1. The molecule has 0 aliphatic heterocycles. The van der Waals surface area contributed by atoms with E-state index in [1.165, 1.54) is 19.3 Å². The molecule has 0 amide bonds. The van der Waals surface area contributed by atoms with Gasteiger partial charge >= 0.3 is 0 Å². The third-order valence-electron chi connectivity index (χ3n) is 2.62. The molecule has 0 atom stereocenters. The molecule has 0 heterocycles. The van der Waals surface area contributed by atoms with Crippen LogP contribution >= 0.6 is 11.6 Å². The van der Waals surface area contributed by atoms with Crippen molar-refractivity contribution in [2.75, 3.05) is 5.88 Å². The Balaban J connectivity index is 2.51. The fourth-order valence-electron chi connectivity index (χ4n) is 1.83. The van der Waals surface area contributed by atoms with Crippen molar-refractivity contribution in [3.05, 3.63) is 0 Å². The zero-order chi connectivity index (χ0) is 8.16. The highest BCUT2D eigenvalue weighted by atomic mass is 35.5. The van der Waals surface area contributed by atoms with Gasteiger partial charge in [-0.15, -0.1) is 11.6 Å². The maximum atomic E-state index is 8.96. The van der Waals surface area contributed by atoms with Crippen molar-refractivity contribution < 1.29 is 0 Å². The third kappa shape index (κ3) is 2.10. The van der Waals surface area contributed by atoms with E-state index >= 15 is 0 Å². The second-order valence-corrected chi connectivity index (χ2v) is 3.77. The largest absolute Gasteiger partial charge is 0.198 e. The lowest BCUT2D eigenvalue weighted by molar-refractivity contribution is 0.260. The highest BCUT2D eigenvalue weighted by molar-refractivity contribution is 6.17. The van der Waals surface area contributed by atoms with Crippen LogP contribution in [0.3, 0.4) is 0 Å². The van der Waals surface area contributed by atoms with E-state index in [0.717, 1.165) is 19.3 Å². The van der Waals surface area contributed by atoms with E-state index in [-0.39, 0.29) is 5.41 Å². The molecule has 1 fully saturated rings. The molecule has 0 aromatic rings. The first-order valence-electron chi connectivity index (χ1n) is 4.30. The summed E-state index contributed by atoms with van der Waals surface area (Å²) in [5, 5.41) is 8.96. The molecule has 0 N–H and O–H groups in total. The molecule has 1 saturated carbocycles. The minimum atomic E-state index is -0.0556. The van der Waals surface area contributed by atoms with Crippen LogP contribution < -0.4 is 0 Å². The molecule has 11 heavy (non-hydrogen) atoms. The fourth-order valence-corrected chi connectivity index (χ4v) is 2.19. The smallest absolute Gasteiger partial charge is 0.0690 e. The van der Waals surface area contributed by atoms with Gasteiger partial charge in [-0.1, -0.05) is 19.3 Å². The maximum absolute atomic E-state index is 8.96. The summed E-state index contributed by atoms with van der Waals surface area (Å²) in [6, 6.07) is 2.43. The van der Waals surface area contributed by atoms with Crippen LogP contribution in [0.25, 0.3) is 0 Å². The topological polar surface area (TPSA) is 23.8 Å². The van der Waals surface area contributed by atoms with Gasteiger partial charge in [-0.3, -0.25) is 0 Å². The normalized spacial score (nSPS) is 22.5. The summed E-state index contributed by atoms with van der Waals surface area (Å²) in [6.45, 7) is 0. The molecular formula is C9H14ClN. The van der Waals surface area contributed by atoms with Gasteiger partial charge in [-0.25, -0.2) is 0 Å². The van der Waals surface area contributed by atoms with E-state index in [9.17, 15) is 0 Å². The highest BCUT2D eigenvalue weighted by Gasteiger charge is 2.30. The van der Waals surface area contributed by atoms with E-state index < -0.39 is 0 Å². The number of halogens is 1. The first-order chi connectivity index (χ1) is 5.33. The van der Waals surface area contributed by atoms with Crippen LogP contribution in [0.1, 0.15) is 38.5 Å². The Morgan fingerprint density at radius 3 is 2.36 bits per heavy atom. The van der Waals surface area contributed by atoms with Crippen molar-refractivity contribution in [1.82, 2.24) is 0 Å². The van der Waals surface area contributed by atoms with Gasteiger partial charge in [0.1, 0.15) is 0 Å². The van der Waals surface area contributed by atoms with Crippen LogP contribution in [-0.4, -0.2) is 5.88 Å². The first-order valence-corrected chi connectivity index (χ1v) is 4.84. The van der Waals surface area contributed by atoms with Crippen LogP contribution in [0.5, 0.6) is 0 Å². The number of rotatable bonds is 2. The van der Waals surface area contributed by atoms with E-state index in [0.29, 0.717) is 5.88 Å². The molecule has 1 nitrogen and oxygen atoms in total. The second-order valence-electron chi connectivity index (χ2n) is 3.39. The maximum Gasteiger partial charge on any atom is 0.0690 e. The van der Waals surface area contributed by atoms with E-state index in [1.54, 1.807) is 0 Å². The summed E-state index contributed by atoms with van der Waals surface area (Å²) in [4.78, 5) is 0. The zero-order valence-electron chi connectivity index (χ0n) is 6.77. The first kappa shape index (κ1) is 8.87. The van der Waals surface area contributed by atoms with Crippen molar-refractivity contribution in [2.45, 2.75) is 38.5 Å². The fraction of sp³-hybridized carbons (Fsp3) is 0.889. The van der Waals surface area contributed by atoms with Crippen LogP contribution in [0.15, 0.2) is 0 Å². The van der Waals surface area contributed by atoms with E-state index in [2.05, 4.69) is 6.07 Å². The summed E-state index contributed by atoms with van der Waals surface area (Å²) in [6.07, 6.45) is 6.73. The third-order valence-corrected chi connectivity index (χ3v) is 2.81. The van der Waals surface area contributed by atoms with E-state index in [4.69, 9.17) is 16.9 Å². The average molecular weight is 172 g/mol. The summed E-state index contributed by atoms with van der Waals surface area (Å²) in [7, 11) is 0. The van der Waals surface area contributed by atoms with Crippen LogP contribution in [0.2, 0.25) is 0 Å². The molecule has 0 spiro atoms. The molecule has 1 aliphatic carbocycles. The Hall–Kier alpha value is -0.220. The number of nitrogens with zero attached hydrogens (tertiary/aromatic N) is 1. The Labute approximate surface area is 73.3 Å². The van der Waals surface area contributed by atoms with Gasteiger partial charge in [0.2, 0.25) is 0 Å². The van der Waals surface area contributed by atoms with Crippen LogP contribution in [-0.2, 0) is 0 Å². The van der Waals surface area contributed by atoms with Crippen LogP contribution in [0.4, 0.5) is 0 Å². The highest BCUT2D eigenvalue weighted by Crippen LogP contribution is 2.38. The van der Waals surface area contributed by atoms with Crippen molar-refractivity contribution in [3.63, 3.8) is 0 Å². The average Bonchev–Trinajstić information content (AvgIpc) is 2.07. The predicted octanol–water partition coefficient (Wildman–Crippen LogP) is 3.09. The molecule has 0 aromatic heterocycles. The molecule has 0 saturated heterocycles. The van der Waals surface area contributed by atoms with Gasteiger partial charge in [0.15, 0.2) is 0 Å². The van der Waals surface area contributed by atoms with Gasteiger partial charge in [-0.05, 0) is 19.3 Å². The van der Waals surface area contributed by atoms with Crippen molar-refractivity contribution in [1.29, 1.82) is 5.26 Å². The monoisotopic (exact) mass is 171 g/mol. The lowest BCUT2D eigenvalue weighted by atomic mass is 9.73. The number of nitriles is 1. The molecule has 2 heteroatoms. The number of alkyl halides is 1. The molecule has 0 aromatic carbocycles. The molecule has 1 aliphatic rings. The zero-order valence-corrected chi connectivity index (χ0v) is 7.53. The quantitative estimate of drug-likeness (QED) is 0.586. The summed E-state index contributed by atoms with van der Waals surface area (Å²) < 4.78 is 0. The molecule has 1 rings (SSSR count). The molecule has 0 bridgehead atoms. The summed E-state index contributed by atoms with van der Waals surface area (Å²) in [5.74, 6) is 0.633. The van der Waals surface area contributed by atoms with Gasteiger partial charge < -0.3 is 0 Å². The Morgan fingerprint density at radius 2 is 1.91 bits per heavy atom. The minimum absolute atomic E-state index is 0.0556. The van der Waals surface area contributed by atoms with Gasteiger partial charge in [0.25, 0.3) is 0 Å². The Morgan fingerprint density at radius 1 is 1.27 bits per heavy atom. The van der Waals surface area contributed by atoms with Crippen molar-refractivity contribution in [3.8, 4) is 6.07 Å². The summed E-state index contributed by atoms with van der Waals surface area (Å²) >= 11 is 5.65. The summed E-state index contributed by atoms with van der Waals surface area (Å²) in [5.41, 5.74) is -0.0556. The minimum Gasteiger partial charge on any atom is -0.198 e. The van der Waals surface area contributed by atoms with Gasteiger partial charge in [-0.2, -0.15) is 5.26 Å². The van der Waals surface area contributed by atoms with Gasteiger partial charge in [0.05, 0.1) is 11.5 Å². The Kier molecular flexibility index (Phi) is 3.20.